The average Bonchev–Trinajstić information content (AvgIpc) is 2.86. The van der Waals surface area contributed by atoms with Gasteiger partial charge in [-0.3, -0.25) is 9.79 Å². The second-order valence-corrected chi connectivity index (χ2v) is 8.22. The molecule has 0 unspecified atom stereocenters. The number of hydrogen-bond acceptors (Lipinski definition) is 4. The molecule has 0 radical (unpaired) electrons. The number of carbonyl (C=O) groups is 1. The van der Waals surface area contributed by atoms with Crippen molar-refractivity contribution in [1.82, 2.24) is 15.1 Å². The van der Waals surface area contributed by atoms with E-state index >= 15 is 0 Å². The molecule has 178 valence electrons. The maximum atomic E-state index is 12.8. The van der Waals surface area contributed by atoms with Gasteiger partial charge >= 0.3 is 0 Å². The van der Waals surface area contributed by atoms with Crippen LogP contribution in [0.15, 0.2) is 65.7 Å². The lowest BCUT2D eigenvalue weighted by Gasteiger charge is -2.37. The molecule has 0 atom stereocenters. The maximum absolute atomic E-state index is 12.8. The fourth-order valence-electron chi connectivity index (χ4n) is 4.33. The summed E-state index contributed by atoms with van der Waals surface area (Å²) in [7, 11) is 1.78. The highest BCUT2D eigenvalue weighted by atomic mass is 127. The normalized spacial score (nSPS) is 17.4. The lowest BCUT2D eigenvalue weighted by Crippen LogP contribution is -2.53. The fourth-order valence-corrected chi connectivity index (χ4v) is 4.33. The lowest BCUT2D eigenvalue weighted by molar-refractivity contribution is -0.130. The predicted octanol–water partition coefficient (Wildman–Crippen LogP) is 3.07. The first-order valence-corrected chi connectivity index (χ1v) is 11.5. The van der Waals surface area contributed by atoms with E-state index < -0.39 is 0 Å². The summed E-state index contributed by atoms with van der Waals surface area (Å²) in [6, 6.07) is 20.4. The fraction of sp³-hybridized carbons (Fsp3) is 0.440. The molecule has 33 heavy (non-hydrogen) atoms. The third-order valence-corrected chi connectivity index (χ3v) is 6.15. The van der Waals surface area contributed by atoms with Gasteiger partial charge in [-0.2, -0.15) is 0 Å². The zero-order valence-corrected chi connectivity index (χ0v) is 21.6. The molecule has 0 bridgehead atoms. The maximum Gasteiger partial charge on any atom is 0.242 e. The molecule has 4 rings (SSSR count). The number of ether oxygens (including phenoxy) is 1. The van der Waals surface area contributed by atoms with Gasteiger partial charge in [-0.05, 0) is 24.3 Å². The smallest absolute Gasteiger partial charge is 0.242 e. The number of nitrogens with zero attached hydrogens (tertiary/aromatic N) is 4. The topological polar surface area (TPSA) is 60.4 Å². The molecule has 2 fully saturated rings. The summed E-state index contributed by atoms with van der Waals surface area (Å²) in [5.41, 5.74) is 1.22. The zero-order valence-electron chi connectivity index (χ0n) is 19.2. The van der Waals surface area contributed by atoms with Crippen molar-refractivity contribution in [2.75, 3.05) is 57.8 Å². The second kappa shape index (κ2) is 12.7. The summed E-state index contributed by atoms with van der Waals surface area (Å²) in [5.74, 6) is 1.84. The van der Waals surface area contributed by atoms with Crippen LogP contribution in [0.4, 0.5) is 5.69 Å². The van der Waals surface area contributed by atoms with Crippen molar-refractivity contribution in [3.05, 3.63) is 60.7 Å². The number of carbonyl (C=O) groups excluding carboxylic acids is 1. The molecule has 2 saturated heterocycles. The Morgan fingerprint density at radius 2 is 1.52 bits per heavy atom. The van der Waals surface area contributed by atoms with Crippen molar-refractivity contribution in [3.8, 4) is 5.75 Å². The highest BCUT2D eigenvalue weighted by Crippen LogP contribution is 2.19. The first-order chi connectivity index (χ1) is 15.7. The number of halogens is 1. The van der Waals surface area contributed by atoms with E-state index in [0.29, 0.717) is 0 Å². The molecule has 2 aromatic rings. The number of amides is 1. The van der Waals surface area contributed by atoms with Crippen LogP contribution in [0.25, 0.3) is 0 Å². The SMILES string of the molecule is CN=C(NCC(=O)N1CCN(c2ccccc2)CC1)N1CCC(Oc2ccccc2)CC1.I. The molecule has 0 aliphatic carbocycles. The third kappa shape index (κ3) is 6.99. The van der Waals surface area contributed by atoms with Crippen LogP contribution in [0, 0.1) is 0 Å². The Balaban J connectivity index is 0.00000306. The Kier molecular flexibility index (Phi) is 9.65. The van der Waals surface area contributed by atoms with Crippen molar-refractivity contribution in [1.29, 1.82) is 0 Å². The highest BCUT2D eigenvalue weighted by molar-refractivity contribution is 14.0. The number of piperazine rings is 1. The molecule has 8 heteroatoms. The van der Waals surface area contributed by atoms with Crippen LogP contribution < -0.4 is 15.0 Å². The van der Waals surface area contributed by atoms with Crippen LogP contribution in [0.3, 0.4) is 0 Å². The van der Waals surface area contributed by atoms with E-state index in [1.54, 1.807) is 7.05 Å². The molecule has 0 aromatic heterocycles. The molecule has 1 N–H and O–H groups in total. The number of guanidine groups is 1. The third-order valence-electron chi connectivity index (χ3n) is 6.15. The number of nitrogens with one attached hydrogen (secondary N) is 1. The Hall–Kier alpha value is -2.49. The summed E-state index contributed by atoms with van der Waals surface area (Å²) in [6.07, 6.45) is 2.09. The van der Waals surface area contributed by atoms with Gasteiger partial charge in [-0.15, -0.1) is 24.0 Å². The van der Waals surface area contributed by atoms with E-state index in [2.05, 4.69) is 44.4 Å². The number of likely N-dealkylation sites (tertiary alicyclic amines) is 1. The Labute approximate surface area is 213 Å². The minimum atomic E-state index is 0. The largest absolute Gasteiger partial charge is 0.490 e. The predicted molar refractivity (Wildman–Crippen MR) is 144 cm³/mol. The quantitative estimate of drug-likeness (QED) is 0.345. The molecule has 2 aliphatic rings. The first-order valence-electron chi connectivity index (χ1n) is 11.5. The minimum absolute atomic E-state index is 0. The van der Waals surface area contributed by atoms with Gasteiger partial charge in [0.25, 0.3) is 0 Å². The average molecular weight is 563 g/mol. The number of rotatable bonds is 5. The molecule has 2 aliphatic heterocycles. The van der Waals surface area contributed by atoms with E-state index in [1.165, 1.54) is 5.69 Å². The number of aliphatic imine (C=N–C) groups is 1. The molecule has 2 aromatic carbocycles. The van der Waals surface area contributed by atoms with Crippen molar-refractivity contribution >= 4 is 41.5 Å². The van der Waals surface area contributed by atoms with Gasteiger partial charge in [0.15, 0.2) is 5.96 Å². The van der Waals surface area contributed by atoms with Crippen LogP contribution in [0.2, 0.25) is 0 Å². The van der Waals surface area contributed by atoms with Crippen LogP contribution in [0.5, 0.6) is 5.75 Å². The van der Waals surface area contributed by atoms with Gasteiger partial charge in [0.2, 0.25) is 5.91 Å². The molecular formula is C25H34IN5O2. The molecular weight excluding hydrogens is 529 g/mol. The summed E-state index contributed by atoms with van der Waals surface area (Å²) in [5, 5.41) is 3.27. The van der Waals surface area contributed by atoms with Gasteiger partial charge in [0.05, 0.1) is 6.54 Å². The van der Waals surface area contributed by atoms with Crippen molar-refractivity contribution < 1.29 is 9.53 Å². The minimum Gasteiger partial charge on any atom is -0.490 e. The number of para-hydroxylation sites is 2. The highest BCUT2D eigenvalue weighted by Gasteiger charge is 2.25. The lowest BCUT2D eigenvalue weighted by atomic mass is 10.1. The summed E-state index contributed by atoms with van der Waals surface area (Å²) in [6.45, 7) is 5.21. The van der Waals surface area contributed by atoms with Crippen LogP contribution in [-0.2, 0) is 4.79 Å². The van der Waals surface area contributed by atoms with E-state index in [4.69, 9.17) is 4.74 Å². The van der Waals surface area contributed by atoms with E-state index in [1.807, 2.05) is 41.3 Å². The molecule has 0 spiro atoms. The zero-order chi connectivity index (χ0) is 22.2. The van der Waals surface area contributed by atoms with Crippen molar-refractivity contribution in [3.63, 3.8) is 0 Å². The van der Waals surface area contributed by atoms with Gasteiger partial charge in [-0.25, -0.2) is 0 Å². The Morgan fingerprint density at radius 3 is 2.12 bits per heavy atom. The van der Waals surface area contributed by atoms with E-state index in [0.717, 1.165) is 63.8 Å². The Bertz CT molecular complexity index is 880. The molecule has 1 amide bonds. The van der Waals surface area contributed by atoms with Gasteiger partial charge in [0.1, 0.15) is 11.9 Å². The van der Waals surface area contributed by atoms with Gasteiger partial charge < -0.3 is 24.8 Å². The summed E-state index contributed by atoms with van der Waals surface area (Å²) in [4.78, 5) is 23.6. The van der Waals surface area contributed by atoms with Crippen LogP contribution in [-0.4, -0.2) is 80.6 Å². The van der Waals surface area contributed by atoms with E-state index in [9.17, 15) is 4.79 Å². The monoisotopic (exact) mass is 563 g/mol. The molecule has 0 saturated carbocycles. The number of piperidine rings is 1. The standard InChI is InChI=1S/C25H33N5O2.HI/c1-26-25(30-14-12-23(13-15-30)32-22-10-6-3-7-11-22)27-20-24(31)29-18-16-28(17-19-29)21-8-4-2-5-9-21;/h2-11,23H,12-20H2,1H3,(H,26,27);1H. The molecule has 7 nitrogen and oxygen atoms in total. The second-order valence-electron chi connectivity index (χ2n) is 8.22. The van der Waals surface area contributed by atoms with Crippen LogP contribution >= 0.6 is 24.0 Å². The number of benzene rings is 2. The van der Waals surface area contributed by atoms with Gasteiger partial charge in [0, 0.05) is 64.8 Å². The molecule has 2 heterocycles. The van der Waals surface area contributed by atoms with Crippen molar-refractivity contribution in [2.45, 2.75) is 18.9 Å². The van der Waals surface area contributed by atoms with Gasteiger partial charge in [-0.1, -0.05) is 36.4 Å². The van der Waals surface area contributed by atoms with E-state index in [-0.39, 0.29) is 42.5 Å². The number of anilines is 1. The number of hydrogen-bond donors (Lipinski definition) is 1. The summed E-state index contributed by atoms with van der Waals surface area (Å²) < 4.78 is 6.08. The Morgan fingerprint density at radius 1 is 0.909 bits per heavy atom. The summed E-state index contributed by atoms with van der Waals surface area (Å²) >= 11 is 0. The first kappa shape index (κ1) is 25.1. The van der Waals surface area contributed by atoms with Crippen molar-refractivity contribution in [2.24, 2.45) is 4.99 Å². The van der Waals surface area contributed by atoms with Crippen LogP contribution in [0.1, 0.15) is 12.8 Å².